The highest BCUT2D eigenvalue weighted by Gasteiger charge is 2.34. The van der Waals surface area contributed by atoms with E-state index in [1.54, 1.807) is 41.8 Å². The van der Waals surface area contributed by atoms with Crippen LogP contribution in [-0.4, -0.2) is 21.6 Å². The lowest BCUT2D eigenvalue weighted by Crippen LogP contribution is -2.15. The SMILES string of the molecule is O=C(CSc1nc(-c2cccs2)cc(C(F)(F)F)n1)Nc1ccc(Br)cc1. The third kappa shape index (κ3) is 5.53. The summed E-state index contributed by atoms with van der Waals surface area (Å²) in [5.41, 5.74) is -0.257. The van der Waals surface area contributed by atoms with Gasteiger partial charge in [0.25, 0.3) is 0 Å². The summed E-state index contributed by atoms with van der Waals surface area (Å²) in [6, 6.07) is 11.3. The van der Waals surface area contributed by atoms with E-state index in [2.05, 4.69) is 31.2 Å². The molecule has 0 fully saturated rings. The van der Waals surface area contributed by atoms with Crippen molar-refractivity contribution >= 4 is 50.6 Å². The van der Waals surface area contributed by atoms with E-state index in [4.69, 9.17) is 0 Å². The maximum atomic E-state index is 13.1. The number of thiophene rings is 1. The molecule has 1 aromatic carbocycles. The fourth-order valence-corrected chi connectivity index (χ4v) is 3.65. The van der Waals surface area contributed by atoms with E-state index >= 15 is 0 Å². The Morgan fingerprint density at radius 3 is 2.56 bits per heavy atom. The Morgan fingerprint density at radius 2 is 1.93 bits per heavy atom. The second kappa shape index (κ2) is 8.41. The Labute approximate surface area is 169 Å². The van der Waals surface area contributed by atoms with Crippen molar-refractivity contribution in [3.8, 4) is 10.6 Å². The highest BCUT2D eigenvalue weighted by Crippen LogP contribution is 2.33. The summed E-state index contributed by atoms with van der Waals surface area (Å²) in [6.07, 6.45) is -4.59. The summed E-state index contributed by atoms with van der Waals surface area (Å²) < 4.78 is 40.3. The average molecular weight is 474 g/mol. The first-order valence-corrected chi connectivity index (χ1v) is 10.2. The number of rotatable bonds is 5. The van der Waals surface area contributed by atoms with Crippen molar-refractivity contribution < 1.29 is 18.0 Å². The van der Waals surface area contributed by atoms with Gasteiger partial charge in [0.2, 0.25) is 5.91 Å². The quantitative estimate of drug-likeness (QED) is 0.380. The molecule has 0 aliphatic heterocycles. The monoisotopic (exact) mass is 473 g/mol. The first-order chi connectivity index (χ1) is 12.8. The van der Waals surface area contributed by atoms with Crippen LogP contribution >= 0.6 is 39.0 Å². The number of hydrogen-bond donors (Lipinski definition) is 1. The zero-order valence-corrected chi connectivity index (χ0v) is 16.7. The van der Waals surface area contributed by atoms with Crippen LogP contribution < -0.4 is 5.32 Å². The van der Waals surface area contributed by atoms with Crippen molar-refractivity contribution in [2.75, 3.05) is 11.1 Å². The van der Waals surface area contributed by atoms with Gasteiger partial charge in [0.1, 0.15) is 5.69 Å². The summed E-state index contributed by atoms with van der Waals surface area (Å²) in [5, 5.41) is 4.33. The van der Waals surface area contributed by atoms with Crippen molar-refractivity contribution in [1.29, 1.82) is 0 Å². The molecule has 27 heavy (non-hydrogen) atoms. The maximum Gasteiger partial charge on any atom is 0.433 e. The number of thioether (sulfide) groups is 1. The number of aromatic nitrogens is 2. The van der Waals surface area contributed by atoms with Crippen molar-refractivity contribution in [3.63, 3.8) is 0 Å². The number of amides is 1. The molecule has 0 aliphatic carbocycles. The molecule has 0 atom stereocenters. The van der Waals surface area contributed by atoms with Gasteiger partial charge in [0.15, 0.2) is 5.16 Å². The normalized spacial score (nSPS) is 11.4. The fourth-order valence-electron chi connectivity index (χ4n) is 2.05. The Hall–Kier alpha value is -1.91. The second-order valence-corrected chi connectivity index (χ2v) is 8.05. The number of carbonyl (C=O) groups is 1. The molecular weight excluding hydrogens is 463 g/mol. The van der Waals surface area contributed by atoms with Gasteiger partial charge in [-0.05, 0) is 41.8 Å². The lowest BCUT2D eigenvalue weighted by molar-refractivity contribution is -0.141. The molecule has 0 saturated carbocycles. The highest BCUT2D eigenvalue weighted by molar-refractivity contribution is 9.10. The summed E-state index contributed by atoms with van der Waals surface area (Å²) >= 11 is 5.43. The molecule has 0 spiro atoms. The van der Waals surface area contributed by atoms with Crippen LogP contribution in [0.4, 0.5) is 18.9 Å². The van der Waals surface area contributed by atoms with Crippen LogP contribution in [0.5, 0.6) is 0 Å². The Bertz CT molecular complexity index is 932. The lowest BCUT2D eigenvalue weighted by Gasteiger charge is -2.10. The standard InChI is InChI=1S/C17H11BrF3N3OS2/c18-10-3-5-11(6-4-10)22-15(25)9-27-16-23-12(13-2-1-7-26-13)8-14(24-16)17(19,20)21/h1-8H,9H2,(H,22,25). The molecule has 0 radical (unpaired) electrons. The number of benzene rings is 1. The van der Waals surface area contributed by atoms with Crippen LogP contribution in [0, 0.1) is 0 Å². The van der Waals surface area contributed by atoms with Crippen molar-refractivity contribution in [2.45, 2.75) is 11.3 Å². The van der Waals surface area contributed by atoms with Gasteiger partial charge < -0.3 is 5.32 Å². The molecule has 2 heterocycles. The van der Waals surface area contributed by atoms with E-state index in [1.807, 2.05) is 0 Å². The number of nitrogens with one attached hydrogen (secondary N) is 1. The molecule has 1 N–H and O–H groups in total. The van der Waals surface area contributed by atoms with E-state index < -0.39 is 11.9 Å². The third-order valence-electron chi connectivity index (χ3n) is 3.23. The summed E-state index contributed by atoms with van der Waals surface area (Å²) in [4.78, 5) is 20.4. The van der Waals surface area contributed by atoms with Crippen molar-refractivity contribution in [2.24, 2.45) is 0 Å². The van der Waals surface area contributed by atoms with Gasteiger partial charge in [-0.2, -0.15) is 13.2 Å². The minimum atomic E-state index is -4.59. The molecule has 10 heteroatoms. The van der Waals surface area contributed by atoms with Gasteiger partial charge in [-0.15, -0.1) is 11.3 Å². The van der Waals surface area contributed by atoms with Gasteiger partial charge in [0.05, 0.1) is 16.3 Å². The summed E-state index contributed by atoms with van der Waals surface area (Å²) in [6.45, 7) is 0. The molecule has 0 aliphatic rings. The molecule has 0 unspecified atom stereocenters. The van der Waals surface area contributed by atoms with Gasteiger partial charge in [-0.25, -0.2) is 9.97 Å². The van der Waals surface area contributed by atoms with Crippen LogP contribution in [0.3, 0.4) is 0 Å². The molecule has 3 rings (SSSR count). The average Bonchev–Trinajstić information content (AvgIpc) is 3.16. The van der Waals surface area contributed by atoms with Crippen molar-refractivity contribution in [1.82, 2.24) is 9.97 Å². The number of nitrogens with zero attached hydrogens (tertiary/aromatic N) is 2. The van der Waals surface area contributed by atoms with E-state index in [9.17, 15) is 18.0 Å². The van der Waals surface area contributed by atoms with Gasteiger partial charge in [0, 0.05) is 10.2 Å². The van der Waals surface area contributed by atoms with Crippen molar-refractivity contribution in [3.05, 3.63) is 58.0 Å². The Balaban J connectivity index is 1.74. The van der Waals surface area contributed by atoms with Gasteiger partial charge in [-0.3, -0.25) is 4.79 Å². The van der Waals surface area contributed by atoms with E-state index in [1.165, 1.54) is 11.3 Å². The van der Waals surface area contributed by atoms with Crippen LogP contribution in [0.2, 0.25) is 0 Å². The molecule has 0 bridgehead atoms. The molecule has 140 valence electrons. The lowest BCUT2D eigenvalue weighted by atomic mass is 10.3. The number of alkyl halides is 3. The maximum absolute atomic E-state index is 13.1. The number of anilines is 1. The van der Waals surface area contributed by atoms with Crippen LogP contribution in [0.25, 0.3) is 10.6 Å². The zero-order chi connectivity index (χ0) is 19.4. The molecule has 2 aromatic heterocycles. The zero-order valence-electron chi connectivity index (χ0n) is 13.5. The van der Waals surface area contributed by atoms with Gasteiger partial charge >= 0.3 is 6.18 Å². The van der Waals surface area contributed by atoms with Crippen LogP contribution in [-0.2, 0) is 11.0 Å². The Kier molecular flexibility index (Phi) is 6.18. The van der Waals surface area contributed by atoms with E-state index in [0.29, 0.717) is 10.6 Å². The van der Waals surface area contributed by atoms with E-state index in [-0.39, 0.29) is 22.5 Å². The minimum absolute atomic E-state index is 0.0980. The molecule has 1 amide bonds. The second-order valence-electron chi connectivity index (χ2n) is 5.24. The third-order valence-corrected chi connectivity index (χ3v) is 5.50. The van der Waals surface area contributed by atoms with Crippen LogP contribution in [0.1, 0.15) is 5.69 Å². The number of halogens is 4. The Morgan fingerprint density at radius 1 is 1.19 bits per heavy atom. The summed E-state index contributed by atoms with van der Waals surface area (Å²) in [7, 11) is 0. The highest BCUT2D eigenvalue weighted by atomic mass is 79.9. The first kappa shape index (κ1) is 19.8. The first-order valence-electron chi connectivity index (χ1n) is 7.49. The van der Waals surface area contributed by atoms with Gasteiger partial charge in [-0.1, -0.05) is 33.8 Å². The molecular formula is C17H11BrF3N3OS2. The predicted octanol–water partition coefficient (Wildman–Crippen LogP) is 5.72. The summed E-state index contributed by atoms with van der Waals surface area (Å²) in [5.74, 6) is -0.470. The van der Waals surface area contributed by atoms with Crippen LogP contribution in [0.15, 0.2) is 57.5 Å². The smallest absolute Gasteiger partial charge is 0.325 e. The largest absolute Gasteiger partial charge is 0.433 e. The topological polar surface area (TPSA) is 54.9 Å². The number of carbonyl (C=O) groups excluding carboxylic acids is 1. The van der Waals surface area contributed by atoms with E-state index in [0.717, 1.165) is 22.3 Å². The number of hydrogen-bond acceptors (Lipinski definition) is 5. The molecule has 3 aromatic rings. The minimum Gasteiger partial charge on any atom is -0.325 e. The fraction of sp³-hybridized carbons (Fsp3) is 0.118. The molecule has 0 saturated heterocycles. The molecule has 4 nitrogen and oxygen atoms in total. The predicted molar refractivity (Wildman–Crippen MR) is 104 cm³/mol.